The van der Waals surface area contributed by atoms with Crippen LogP contribution in [0.15, 0.2) is 48.8 Å². The number of nitrogens with zero attached hydrogens (tertiary/aromatic N) is 2. The quantitative estimate of drug-likeness (QED) is 0.695. The number of ether oxygens (including phenoxy) is 1. The summed E-state index contributed by atoms with van der Waals surface area (Å²) in [5, 5.41) is 0. The minimum Gasteiger partial charge on any atom is -0.465 e. The lowest BCUT2D eigenvalue weighted by atomic mass is 10.1. The number of hydrogen-bond acceptors (Lipinski definition) is 3. The van der Waals surface area contributed by atoms with Gasteiger partial charge >= 0.3 is 5.97 Å². The van der Waals surface area contributed by atoms with Crippen molar-refractivity contribution in [2.45, 2.75) is 6.42 Å². The molecule has 4 nitrogen and oxygen atoms in total. The molecule has 0 radical (unpaired) electrons. The Kier molecular flexibility index (Phi) is 3.39. The lowest BCUT2D eigenvalue weighted by molar-refractivity contribution is 0.0600. The van der Waals surface area contributed by atoms with E-state index in [0.717, 1.165) is 5.69 Å². The molecule has 106 valence electrons. The largest absolute Gasteiger partial charge is 0.465 e. The van der Waals surface area contributed by atoms with Gasteiger partial charge in [-0.15, -0.1) is 0 Å². The number of halogens is 1. The second-order valence-corrected chi connectivity index (χ2v) is 4.68. The van der Waals surface area contributed by atoms with Crippen molar-refractivity contribution >= 4 is 11.6 Å². The smallest absolute Gasteiger partial charge is 0.339 e. The Bertz CT molecular complexity index is 811. The minimum atomic E-state index is -0.402. The van der Waals surface area contributed by atoms with E-state index in [4.69, 9.17) is 0 Å². The average Bonchev–Trinajstić information content (AvgIpc) is 2.90. The molecule has 0 bridgehead atoms. The van der Waals surface area contributed by atoms with Crippen LogP contribution < -0.4 is 0 Å². The van der Waals surface area contributed by atoms with Gasteiger partial charge in [-0.1, -0.05) is 18.2 Å². The molecule has 0 saturated carbocycles. The normalized spacial score (nSPS) is 10.8. The molecule has 0 aliphatic heterocycles. The Morgan fingerprint density at radius 1 is 1.24 bits per heavy atom. The van der Waals surface area contributed by atoms with Crippen LogP contribution in [0.3, 0.4) is 0 Å². The Balaban J connectivity index is 1.94. The van der Waals surface area contributed by atoms with Crippen LogP contribution in [0.4, 0.5) is 4.39 Å². The van der Waals surface area contributed by atoms with E-state index in [1.54, 1.807) is 47.1 Å². The molecule has 0 unspecified atom stereocenters. The summed E-state index contributed by atoms with van der Waals surface area (Å²) in [5.41, 5.74) is 2.48. The van der Waals surface area contributed by atoms with Crippen LogP contribution in [0.1, 0.15) is 21.6 Å². The third-order valence-electron chi connectivity index (χ3n) is 3.25. The van der Waals surface area contributed by atoms with E-state index in [9.17, 15) is 9.18 Å². The highest BCUT2D eigenvalue weighted by molar-refractivity contribution is 5.89. The van der Waals surface area contributed by atoms with E-state index in [2.05, 4.69) is 9.72 Å². The molecule has 2 aromatic heterocycles. The van der Waals surface area contributed by atoms with E-state index >= 15 is 0 Å². The van der Waals surface area contributed by atoms with Crippen LogP contribution in [0.25, 0.3) is 5.65 Å². The van der Waals surface area contributed by atoms with Gasteiger partial charge in [0.05, 0.1) is 18.4 Å². The van der Waals surface area contributed by atoms with Crippen LogP contribution >= 0.6 is 0 Å². The number of pyridine rings is 1. The molecular formula is C16H13FN2O2. The topological polar surface area (TPSA) is 43.6 Å². The first-order chi connectivity index (χ1) is 10.2. The van der Waals surface area contributed by atoms with Crippen molar-refractivity contribution in [3.63, 3.8) is 0 Å². The summed E-state index contributed by atoms with van der Waals surface area (Å²) < 4.78 is 20.1. The van der Waals surface area contributed by atoms with E-state index in [-0.39, 0.29) is 5.82 Å². The predicted molar refractivity (Wildman–Crippen MR) is 75.7 cm³/mol. The fourth-order valence-electron chi connectivity index (χ4n) is 2.21. The second kappa shape index (κ2) is 5.36. The van der Waals surface area contributed by atoms with Gasteiger partial charge in [-0.2, -0.15) is 0 Å². The number of aromatic nitrogens is 2. The van der Waals surface area contributed by atoms with Crippen molar-refractivity contribution < 1.29 is 13.9 Å². The Hall–Kier alpha value is -2.69. The van der Waals surface area contributed by atoms with Gasteiger partial charge in [0.25, 0.3) is 0 Å². The lowest BCUT2D eigenvalue weighted by Gasteiger charge is -1.99. The molecule has 5 heteroatoms. The lowest BCUT2D eigenvalue weighted by Crippen LogP contribution is -2.02. The molecule has 1 aromatic carbocycles. The van der Waals surface area contributed by atoms with Gasteiger partial charge in [0.1, 0.15) is 11.5 Å². The summed E-state index contributed by atoms with van der Waals surface area (Å²) >= 11 is 0. The van der Waals surface area contributed by atoms with Gasteiger partial charge < -0.3 is 9.14 Å². The van der Waals surface area contributed by atoms with Crippen LogP contribution in [0.2, 0.25) is 0 Å². The molecule has 0 aliphatic carbocycles. The fourth-order valence-corrected chi connectivity index (χ4v) is 2.21. The van der Waals surface area contributed by atoms with E-state index in [1.165, 1.54) is 13.2 Å². The number of rotatable bonds is 3. The summed E-state index contributed by atoms with van der Waals surface area (Å²) in [5.74, 6) is -0.647. The van der Waals surface area contributed by atoms with Crippen molar-refractivity contribution in [1.29, 1.82) is 0 Å². The molecule has 0 spiro atoms. The number of esters is 1. The number of carbonyl (C=O) groups excluding carboxylic acids is 1. The van der Waals surface area contributed by atoms with Gasteiger partial charge in [0, 0.05) is 18.8 Å². The highest BCUT2D eigenvalue weighted by Gasteiger charge is 2.09. The minimum absolute atomic E-state index is 0.246. The maximum atomic E-state index is 13.7. The number of hydrogen-bond donors (Lipinski definition) is 0. The second-order valence-electron chi connectivity index (χ2n) is 4.68. The molecule has 0 saturated heterocycles. The highest BCUT2D eigenvalue weighted by atomic mass is 19.1. The maximum absolute atomic E-state index is 13.7. The van der Waals surface area contributed by atoms with Crippen LogP contribution in [0, 0.1) is 5.82 Å². The number of benzene rings is 1. The zero-order valence-corrected chi connectivity index (χ0v) is 11.4. The Morgan fingerprint density at radius 2 is 2.05 bits per heavy atom. The molecule has 0 aliphatic rings. The molecule has 0 N–H and O–H groups in total. The molecular weight excluding hydrogens is 271 g/mol. The van der Waals surface area contributed by atoms with Gasteiger partial charge in [-0.25, -0.2) is 14.2 Å². The Morgan fingerprint density at radius 3 is 2.81 bits per heavy atom. The first-order valence-corrected chi connectivity index (χ1v) is 6.47. The molecule has 0 amide bonds. The van der Waals surface area contributed by atoms with E-state index in [1.807, 2.05) is 0 Å². The molecule has 3 rings (SSSR count). The standard InChI is InChI=1S/C16H13FN2O2/c1-21-16(20)12-6-7-15-18-13(10-19(15)9-12)8-11-4-2-3-5-14(11)17/h2-7,9-10H,8H2,1H3. The number of imidazole rings is 1. The molecule has 21 heavy (non-hydrogen) atoms. The van der Waals surface area contributed by atoms with Crippen molar-refractivity contribution in [3.8, 4) is 0 Å². The fraction of sp³-hybridized carbons (Fsp3) is 0.125. The van der Waals surface area contributed by atoms with Crippen molar-refractivity contribution in [1.82, 2.24) is 9.38 Å². The van der Waals surface area contributed by atoms with Crippen LogP contribution in [-0.2, 0) is 11.2 Å². The van der Waals surface area contributed by atoms with Gasteiger partial charge in [0.15, 0.2) is 0 Å². The zero-order valence-electron chi connectivity index (χ0n) is 11.4. The summed E-state index contributed by atoms with van der Waals surface area (Å²) in [6, 6.07) is 10.0. The summed E-state index contributed by atoms with van der Waals surface area (Å²) in [6.45, 7) is 0. The predicted octanol–water partition coefficient (Wildman–Crippen LogP) is 2.85. The van der Waals surface area contributed by atoms with Crippen molar-refractivity contribution in [2.24, 2.45) is 0 Å². The van der Waals surface area contributed by atoms with Gasteiger partial charge in [-0.3, -0.25) is 0 Å². The molecule has 0 fully saturated rings. The third-order valence-corrected chi connectivity index (χ3v) is 3.25. The third kappa shape index (κ3) is 2.63. The summed E-state index contributed by atoms with van der Waals surface area (Å²) in [7, 11) is 1.34. The highest BCUT2D eigenvalue weighted by Crippen LogP contribution is 2.14. The molecule has 3 aromatic rings. The van der Waals surface area contributed by atoms with E-state index in [0.29, 0.717) is 23.2 Å². The average molecular weight is 284 g/mol. The monoisotopic (exact) mass is 284 g/mol. The first kappa shape index (κ1) is 13.3. The molecule has 0 atom stereocenters. The zero-order chi connectivity index (χ0) is 14.8. The van der Waals surface area contributed by atoms with Crippen molar-refractivity contribution in [3.05, 3.63) is 71.4 Å². The van der Waals surface area contributed by atoms with Crippen molar-refractivity contribution in [2.75, 3.05) is 7.11 Å². The van der Waals surface area contributed by atoms with Crippen LogP contribution in [-0.4, -0.2) is 22.5 Å². The number of carbonyl (C=O) groups is 1. The van der Waals surface area contributed by atoms with Gasteiger partial charge in [-0.05, 0) is 23.8 Å². The summed E-state index contributed by atoms with van der Waals surface area (Å²) in [4.78, 5) is 15.9. The van der Waals surface area contributed by atoms with Gasteiger partial charge in [0.2, 0.25) is 0 Å². The van der Waals surface area contributed by atoms with E-state index < -0.39 is 5.97 Å². The molecule has 2 heterocycles. The first-order valence-electron chi connectivity index (χ1n) is 6.47. The summed E-state index contributed by atoms with van der Waals surface area (Å²) in [6.07, 6.45) is 3.84. The number of fused-ring (bicyclic) bond motifs is 1. The Labute approximate surface area is 120 Å². The maximum Gasteiger partial charge on any atom is 0.339 e. The van der Waals surface area contributed by atoms with Crippen LogP contribution in [0.5, 0.6) is 0 Å². The number of methoxy groups -OCH3 is 1. The SMILES string of the molecule is COC(=O)c1ccc2nc(Cc3ccccc3F)cn2c1.